The molecule has 1 rings (SSSR count). The van der Waals surface area contributed by atoms with Crippen molar-refractivity contribution in [3.8, 4) is 0 Å². The molecule has 0 unspecified atom stereocenters. The molecule has 0 aliphatic rings. The van der Waals surface area contributed by atoms with Crippen LogP contribution in [0.25, 0.3) is 0 Å². The van der Waals surface area contributed by atoms with Crippen LogP contribution in [0.15, 0.2) is 30.3 Å². The molecular weight excluding hydrogens is 264 g/mol. The summed E-state index contributed by atoms with van der Waals surface area (Å²) >= 11 is 0. The second-order valence-corrected chi connectivity index (χ2v) is 4.05. The Morgan fingerprint density at radius 1 is 1.20 bits per heavy atom. The third-order valence-corrected chi connectivity index (χ3v) is 2.32. The zero-order chi connectivity index (χ0) is 15.0. The highest BCUT2D eigenvalue weighted by Gasteiger charge is 2.13. The Kier molecular flexibility index (Phi) is 6.18. The van der Waals surface area contributed by atoms with Crippen LogP contribution < -0.4 is 5.32 Å². The van der Waals surface area contributed by atoms with Crippen molar-refractivity contribution >= 4 is 23.5 Å². The lowest BCUT2D eigenvalue weighted by Gasteiger charge is -2.16. The van der Waals surface area contributed by atoms with E-state index in [2.05, 4.69) is 10.1 Å². The van der Waals surface area contributed by atoms with Crippen molar-refractivity contribution in [2.24, 2.45) is 0 Å². The summed E-state index contributed by atoms with van der Waals surface area (Å²) in [5.74, 6) is -1.96. The number of benzene rings is 1. The van der Waals surface area contributed by atoms with E-state index < -0.39 is 18.5 Å². The molecule has 0 saturated heterocycles. The molecule has 0 spiro atoms. The number of nitrogens with zero attached hydrogens (tertiary/aromatic N) is 1. The predicted octanol–water partition coefficient (Wildman–Crippen LogP) is 0.185. The zero-order valence-corrected chi connectivity index (χ0v) is 11.0. The van der Waals surface area contributed by atoms with Gasteiger partial charge in [-0.15, -0.1) is 0 Å². The van der Waals surface area contributed by atoms with Gasteiger partial charge in [0.2, 0.25) is 11.8 Å². The van der Waals surface area contributed by atoms with E-state index in [1.165, 1.54) is 11.9 Å². The molecule has 2 amide bonds. The number of nitrogens with one attached hydrogen (secondary N) is 1. The van der Waals surface area contributed by atoms with Crippen LogP contribution in [-0.2, 0) is 19.1 Å². The van der Waals surface area contributed by atoms with Crippen molar-refractivity contribution < 1.29 is 24.2 Å². The molecule has 7 nitrogen and oxygen atoms in total. The first-order chi connectivity index (χ1) is 9.49. The van der Waals surface area contributed by atoms with Crippen LogP contribution in [0.1, 0.15) is 0 Å². The van der Waals surface area contributed by atoms with Crippen molar-refractivity contribution in [1.82, 2.24) is 4.90 Å². The molecule has 0 aliphatic carbocycles. The summed E-state index contributed by atoms with van der Waals surface area (Å²) in [6, 6.07) is 8.85. The van der Waals surface area contributed by atoms with Crippen molar-refractivity contribution in [3.05, 3.63) is 30.3 Å². The van der Waals surface area contributed by atoms with Gasteiger partial charge in [-0.1, -0.05) is 18.2 Å². The van der Waals surface area contributed by atoms with Crippen LogP contribution in [0, 0.1) is 0 Å². The molecule has 0 heterocycles. The maximum absolute atomic E-state index is 11.7. The van der Waals surface area contributed by atoms with Crippen molar-refractivity contribution in [1.29, 1.82) is 0 Å². The number of amides is 2. The Morgan fingerprint density at radius 2 is 1.85 bits per heavy atom. The number of ether oxygens (including phenoxy) is 1. The average Bonchev–Trinajstić information content (AvgIpc) is 2.39. The second-order valence-electron chi connectivity index (χ2n) is 4.05. The number of carboxylic acid groups (broad SMARTS) is 1. The largest absolute Gasteiger partial charge is 0.480 e. The average molecular weight is 280 g/mol. The van der Waals surface area contributed by atoms with E-state index in [1.54, 1.807) is 24.3 Å². The van der Waals surface area contributed by atoms with Gasteiger partial charge in [-0.05, 0) is 12.1 Å². The van der Waals surface area contributed by atoms with Crippen LogP contribution >= 0.6 is 0 Å². The van der Waals surface area contributed by atoms with Crippen LogP contribution in [0.4, 0.5) is 5.69 Å². The summed E-state index contributed by atoms with van der Waals surface area (Å²) in [6.07, 6.45) is 0. The van der Waals surface area contributed by atoms with Gasteiger partial charge < -0.3 is 20.1 Å². The van der Waals surface area contributed by atoms with Gasteiger partial charge >= 0.3 is 5.97 Å². The first kappa shape index (κ1) is 15.6. The van der Waals surface area contributed by atoms with Gasteiger partial charge in [-0.25, -0.2) is 4.79 Å². The lowest BCUT2D eigenvalue weighted by atomic mass is 10.3. The lowest BCUT2D eigenvalue weighted by molar-refractivity contribution is -0.146. The van der Waals surface area contributed by atoms with Gasteiger partial charge in [-0.2, -0.15) is 0 Å². The van der Waals surface area contributed by atoms with E-state index in [-0.39, 0.29) is 19.1 Å². The summed E-state index contributed by atoms with van der Waals surface area (Å²) in [7, 11) is 1.44. The highest BCUT2D eigenvalue weighted by atomic mass is 16.5. The summed E-state index contributed by atoms with van der Waals surface area (Å²) in [6.45, 7) is -1.05. The maximum atomic E-state index is 11.7. The van der Waals surface area contributed by atoms with Crippen molar-refractivity contribution in [2.45, 2.75) is 0 Å². The quantitative estimate of drug-likeness (QED) is 0.743. The normalized spacial score (nSPS) is 9.85. The Balaban J connectivity index is 2.33. The standard InChI is InChI=1S/C13H16N2O5/c1-15(12(17)8-20-9-13(18)19)7-11(16)14-10-5-3-2-4-6-10/h2-6H,7-9H2,1H3,(H,14,16)(H,18,19). The lowest BCUT2D eigenvalue weighted by Crippen LogP contribution is -2.37. The minimum absolute atomic E-state index is 0.135. The smallest absolute Gasteiger partial charge is 0.329 e. The van der Waals surface area contributed by atoms with E-state index in [0.29, 0.717) is 5.69 Å². The number of para-hydroxylation sites is 1. The minimum Gasteiger partial charge on any atom is -0.480 e. The fraction of sp³-hybridized carbons (Fsp3) is 0.308. The molecule has 0 bridgehead atoms. The highest BCUT2D eigenvalue weighted by molar-refractivity contribution is 5.94. The second kappa shape index (κ2) is 7.90. The van der Waals surface area contributed by atoms with Crippen LogP contribution in [-0.4, -0.2) is 54.6 Å². The summed E-state index contributed by atoms with van der Waals surface area (Å²) in [4.78, 5) is 34.6. The fourth-order valence-electron chi connectivity index (χ4n) is 1.36. The minimum atomic E-state index is -1.15. The van der Waals surface area contributed by atoms with E-state index >= 15 is 0 Å². The van der Waals surface area contributed by atoms with Gasteiger partial charge in [0.05, 0.1) is 6.54 Å². The van der Waals surface area contributed by atoms with Gasteiger partial charge in [0.15, 0.2) is 0 Å². The third kappa shape index (κ3) is 5.96. The van der Waals surface area contributed by atoms with Gasteiger partial charge in [-0.3, -0.25) is 9.59 Å². The van der Waals surface area contributed by atoms with Gasteiger partial charge in [0.25, 0.3) is 0 Å². The number of hydrogen-bond acceptors (Lipinski definition) is 4. The van der Waals surface area contributed by atoms with E-state index in [1.807, 2.05) is 6.07 Å². The molecule has 0 saturated carbocycles. The monoisotopic (exact) mass is 280 g/mol. The number of aliphatic carboxylic acids is 1. The molecule has 1 aromatic rings. The highest BCUT2D eigenvalue weighted by Crippen LogP contribution is 2.04. The van der Waals surface area contributed by atoms with E-state index in [0.717, 1.165) is 0 Å². The molecule has 20 heavy (non-hydrogen) atoms. The maximum Gasteiger partial charge on any atom is 0.329 e. The van der Waals surface area contributed by atoms with E-state index in [4.69, 9.17) is 5.11 Å². The molecule has 2 N–H and O–H groups in total. The molecule has 0 fully saturated rings. The zero-order valence-electron chi connectivity index (χ0n) is 11.0. The number of anilines is 1. The van der Waals surface area contributed by atoms with Crippen molar-refractivity contribution in [3.63, 3.8) is 0 Å². The Morgan fingerprint density at radius 3 is 2.45 bits per heavy atom. The first-order valence-corrected chi connectivity index (χ1v) is 5.87. The molecular formula is C13H16N2O5. The summed E-state index contributed by atoms with van der Waals surface area (Å²) in [5, 5.41) is 11.0. The third-order valence-electron chi connectivity index (χ3n) is 2.32. The number of likely N-dealkylation sites (N-methyl/N-ethyl adjacent to an activating group) is 1. The molecule has 7 heteroatoms. The molecule has 108 valence electrons. The SMILES string of the molecule is CN(CC(=O)Nc1ccccc1)C(=O)COCC(=O)O. The van der Waals surface area contributed by atoms with Crippen LogP contribution in [0.5, 0.6) is 0 Å². The van der Waals surface area contributed by atoms with Crippen LogP contribution in [0.2, 0.25) is 0 Å². The van der Waals surface area contributed by atoms with Crippen molar-refractivity contribution in [2.75, 3.05) is 32.1 Å². The Hall–Kier alpha value is -2.41. The fourth-order valence-corrected chi connectivity index (χ4v) is 1.36. The summed E-state index contributed by atoms with van der Waals surface area (Å²) < 4.78 is 4.66. The number of carbonyl (C=O) groups is 3. The number of rotatable bonds is 7. The number of carboxylic acids is 1. The number of hydrogen-bond donors (Lipinski definition) is 2. The van der Waals surface area contributed by atoms with Gasteiger partial charge in [0.1, 0.15) is 13.2 Å². The molecule has 0 atom stereocenters. The summed E-state index contributed by atoms with van der Waals surface area (Å²) in [5.41, 5.74) is 0.639. The first-order valence-electron chi connectivity index (χ1n) is 5.87. The van der Waals surface area contributed by atoms with E-state index in [9.17, 15) is 14.4 Å². The molecule has 0 aromatic heterocycles. The Labute approximate surface area is 116 Å². The van der Waals surface area contributed by atoms with Gasteiger partial charge in [0, 0.05) is 12.7 Å². The molecule has 1 aromatic carbocycles. The molecule has 0 aliphatic heterocycles. The molecule has 0 radical (unpaired) electrons. The topological polar surface area (TPSA) is 95.9 Å². The van der Waals surface area contributed by atoms with Crippen LogP contribution in [0.3, 0.4) is 0 Å². The number of carbonyl (C=O) groups excluding carboxylic acids is 2. The predicted molar refractivity (Wildman–Crippen MR) is 71.2 cm³/mol. The Bertz CT molecular complexity index is 475.